The molecule has 6 nitrogen and oxygen atoms in total. The molecule has 0 spiro atoms. The summed E-state index contributed by atoms with van der Waals surface area (Å²) in [6.07, 6.45) is 1.11. The standard InChI is InChI=1S/C20H22ClNO5/c1-12(23)14-7-6-13(21)8-15(14)16-9-18(24)22(10-17(16)26-5)11-19(25)27-20(2,3)4/h6-10H,11H2,1-5H3/i5D3. The number of ketones is 1. The van der Waals surface area contributed by atoms with Crippen LogP contribution >= 0.6 is 11.6 Å². The van der Waals surface area contributed by atoms with Gasteiger partial charge in [-0.2, -0.15) is 0 Å². The van der Waals surface area contributed by atoms with Crippen LogP contribution in [-0.4, -0.2) is 29.0 Å². The number of Topliss-reactive ketones (excluding diaryl/α,β-unsaturated/α-hetero) is 1. The summed E-state index contributed by atoms with van der Waals surface area (Å²) in [5.74, 6) is -1.19. The fourth-order valence-electron chi connectivity index (χ4n) is 2.53. The van der Waals surface area contributed by atoms with Crippen molar-refractivity contribution in [1.82, 2.24) is 4.57 Å². The van der Waals surface area contributed by atoms with Gasteiger partial charge in [0.15, 0.2) is 5.78 Å². The quantitative estimate of drug-likeness (QED) is 0.570. The molecule has 27 heavy (non-hydrogen) atoms. The van der Waals surface area contributed by atoms with Crippen LogP contribution < -0.4 is 10.3 Å². The van der Waals surface area contributed by atoms with Crippen LogP contribution in [0.15, 0.2) is 35.3 Å². The molecule has 2 rings (SSSR count). The number of halogens is 1. The molecule has 0 unspecified atom stereocenters. The maximum absolute atomic E-state index is 12.6. The van der Waals surface area contributed by atoms with Crippen molar-refractivity contribution in [2.75, 3.05) is 7.04 Å². The lowest BCUT2D eigenvalue weighted by Gasteiger charge is -2.20. The summed E-state index contributed by atoms with van der Waals surface area (Å²) < 4.78 is 33.6. The largest absolute Gasteiger partial charge is 0.495 e. The van der Waals surface area contributed by atoms with Gasteiger partial charge in [0.25, 0.3) is 5.56 Å². The average molecular weight is 395 g/mol. The number of carbonyl (C=O) groups is 2. The first kappa shape index (κ1) is 16.6. The smallest absolute Gasteiger partial charge is 0.326 e. The lowest BCUT2D eigenvalue weighted by molar-refractivity contribution is -0.155. The van der Waals surface area contributed by atoms with Crippen molar-refractivity contribution in [1.29, 1.82) is 0 Å². The van der Waals surface area contributed by atoms with Crippen LogP contribution in [0.2, 0.25) is 5.02 Å². The number of hydrogen-bond donors (Lipinski definition) is 0. The molecule has 0 amide bonds. The third-order valence-corrected chi connectivity index (χ3v) is 3.81. The molecule has 1 aromatic heterocycles. The minimum absolute atomic E-state index is 0.0734. The van der Waals surface area contributed by atoms with E-state index >= 15 is 0 Å². The van der Waals surface area contributed by atoms with Crippen LogP contribution in [0.4, 0.5) is 0 Å². The summed E-state index contributed by atoms with van der Waals surface area (Å²) >= 11 is 6.05. The lowest BCUT2D eigenvalue weighted by Crippen LogP contribution is -2.30. The van der Waals surface area contributed by atoms with Crippen LogP contribution in [0.3, 0.4) is 0 Å². The highest BCUT2D eigenvalue weighted by Gasteiger charge is 2.19. The predicted octanol–water partition coefficient (Wildman–Crippen LogP) is 3.72. The molecule has 0 bridgehead atoms. The van der Waals surface area contributed by atoms with E-state index in [1.165, 1.54) is 25.1 Å². The van der Waals surface area contributed by atoms with Gasteiger partial charge in [-0.15, -0.1) is 0 Å². The summed E-state index contributed by atoms with van der Waals surface area (Å²) in [6.45, 7) is 5.94. The molecule has 0 aliphatic carbocycles. The van der Waals surface area contributed by atoms with E-state index in [0.29, 0.717) is 0 Å². The molecular weight excluding hydrogens is 370 g/mol. The molecule has 0 saturated heterocycles. The van der Waals surface area contributed by atoms with Gasteiger partial charge in [-0.3, -0.25) is 14.4 Å². The van der Waals surface area contributed by atoms with Gasteiger partial charge < -0.3 is 14.0 Å². The fraction of sp³-hybridized carbons (Fsp3) is 0.350. The molecule has 0 fully saturated rings. The third kappa shape index (κ3) is 5.20. The molecule has 0 saturated carbocycles. The van der Waals surface area contributed by atoms with E-state index in [0.717, 1.165) is 16.8 Å². The number of aromatic nitrogens is 1. The zero-order valence-electron chi connectivity index (χ0n) is 18.5. The molecule has 0 N–H and O–H groups in total. The van der Waals surface area contributed by atoms with Crippen molar-refractivity contribution in [2.24, 2.45) is 0 Å². The normalized spacial score (nSPS) is 13.3. The minimum Gasteiger partial charge on any atom is -0.495 e. The topological polar surface area (TPSA) is 74.6 Å². The second-order valence-corrected chi connectivity index (χ2v) is 7.39. The molecule has 0 radical (unpaired) electrons. The van der Waals surface area contributed by atoms with Crippen molar-refractivity contribution in [2.45, 2.75) is 39.8 Å². The Hall–Kier alpha value is -2.60. The number of carbonyl (C=O) groups excluding carboxylic acids is 2. The average Bonchev–Trinajstić information content (AvgIpc) is 2.54. The fourth-order valence-corrected chi connectivity index (χ4v) is 2.70. The zero-order chi connectivity index (χ0) is 22.9. The van der Waals surface area contributed by atoms with E-state index in [4.69, 9.17) is 25.2 Å². The van der Waals surface area contributed by atoms with E-state index in [9.17, 15) is 14.4 Å². The lowest BCUT2D eigenvalue weighted by atomic mass is 9.97. The second-order valence-electron chi connectivity index (χ2n) is 6.95. The van der Waals surface area contributed by atoms with Gasteiger partial charge in [-0.05, 0) is 51.5 Å². The molecule has 1 aromatic carbocycles. The van der Waals surface area contributed by atoms with Gasteiger partial charge in [0.05, 0.1) is 17.3 Å². The van der Waals surface area contributed by atoms with Crippen LogP contribution in [0.5, 0.6) is 5.75 Å². The number of hydrogen-bond acceptors (Lipinski definition) is 5. The highest BCUT2D eigenvalue weighted by Crippen LogP contribution is 2.33. The molecule has 0 aliphatic rings. The van der Waals surface area contributed by atoms with Crippen molar-refractivity contribution in [3.8, 4) is 16.9 Å². The summed E-state index contributed by atoms with van der Waals surface area (Å²) in [5, 5.41) is 0.285. The highest BCUT2D eigenvalue weighted by atomic mass is 35.5. The Morgan fingerprint density at radius 1 is 1.22 bits per heavy atom. The number of methoxy groups -OCH3 is 1. The van der Waals surface area contributed by atoms with E-state index in [1.54, 1.807) is 20.8 Å². The monoisotopic (exact) mass is 394 g/mol. The zero-order valence-corrected chi connectivity index (χ0v) is 16.2. The summed E-state index contributed by atoms with van der Waals surface area (Å²) in [4.78, 5) is 36.8. The number of pyridine rings is 1. The molecule has 7 heteroatoms. The van der Waals surface area contributed by atoms with E-state index in [2.05, 4.69) is 0 Å². The Labute approximate surface area is 166 Å². The number of esters is 1. The summed E-state index contributed by atoms with van der Waals surface area (Å²) in [5.41, 5.74) is -0.808. The Balaban J connectivity index is 2.64. The summed E-state index contributed by atoms with van der Waals surface area (Å²) in [7, 11) is -2.84. The third-order valence-electron chi connectivity index (χ3n) is 3.57. The first-order valence-electron chi connectivity index (χ1n) is 9.62. The minimum atomic E-state index is -2.84. The van der Waals surface area contributed by atoms with Gasteiger partial charge in [-0.25, -0.2) is 0 Å². The van der Waals surface area contributed by atoms with E-state index in [-0.39, 0.29) is 33.2 Å². The maximum Gasteiger partial charge on any atom is 0.326 e. The van der Waals surface area contributed by atoms with Crippen molar-refractivity contribution in [3.63, 3.8) is 0 Å². The maximum atomic E-state index is 12.6. The van der Waals surface area contributed by atoms with Gasteiger partial charge >= 0.3 is 5.97 Å². The summed E-state index contributed by atoms with van der Waals surface area (Å²) in [6, 6.07) is 5.53. The molecular formula is C20H22ClNO5. The van der Waals surface area contributed by atoms with Crippen LogP contribution in [0, 0.1) is 0 Å². The predicted molar refractivity (Wildman–Crippen MR) is 104 cm³/mol. The molecule has 144 valence electrons. The van der Waals surface area contributed by atoms with E-state index < -0.39 is 30.7 Å². The highest BCUT2D eigenvalue weighted by molar-refractivity contribution is 6.31. The molecule has 2 aromatic rings. The van der Waals surface area contributed by atoms with Crippen LogP contribution in [0.25, 0.3) is 11.1 Å². The number of rotatable bonds is 5. The van der Waals surface area contributed by atoms with Crippen molar-refractivity contribution in [3.05, 3.63) is 51.4 Å². The number of benzene rings is 1. The van der Waals surface area contributed by atoms with Crippen molar-refractivity contribution < 1.29 is 23.2 Å². The number of nitrogens with zero attached hydrogens (tertiary/aromatic N) is 1. The Morgan fingerprint density at radius 2 is 1.93 bits per heavy atom. The van der Waals surface area contributed by atoms with Crippen LogP contribution in [0.1, 0.15) is 42.2 Å². The Bertz CT molecular complexity index is 1040. The Morgan fingerprint density at radius 3 is 2.52 bits per heavy atom. The first-order valence-corrected chi connectivity index (χ1v) is 8.50. The second kappa shape index (κ2) is 7.96. The van der Waals surface area contributed by atoms with Gasteiger partial charge in [0.1, 0.15) is 17.9 Å². The van der Waals surface area contributed by atoms with Gasteiger partial charge in [-0.1, -0.05) is 11.6 Å². The SMILES string of the molecule is [2H]C([2H])([2H])Oc1cn(CC(=O)OC(C)(C)C)c(=O)cc1-c1cc(Cl)ccc1C(C)=O. The van der Waals surface area contributed by atoms with Gasteiger partial charge in [0.2, 0.25) is 0 Å². The van der Waals surface area contributed by atoms with Gasteiger partial charge in [0, 0.05) is 22.2 Å². The van der Waals surface area contributed by atoms with E-state index in [1.807, 2.05) is 0 Å². The number of ether oxygens (including phenoxy) is 2. The van der Waals surface area contributed by atoms with Crippen LogP contribution in [-0.2, 0) is 16.1 Å². The first-order chi connectivity index (χ1) is 13.7. The molecule has 1 heterocycles. The van der Waals surface area contributed by atoms with Crippen molar-refractivity contribution >= 4 is 23.4 Å². The Kier molecular flexibility index (Phi) is 4.89. The molecule has 0 atom stereocenters. The molecule has 0 aliphatic heterocycles.